The normalized spacial score (nSPS) is 21.5. The number of amides is 1. The van der Waals surface area contributed by atoms with Crippen molar-refractivity contribution in [2.75, 3.05) is 32.8 Å². The molecule has 3 rings (SSSR count). The van der Waals surface area contributed by atoms with Crippen LogP contribution in [0.15, 0.2) is 29.2 Å². The van der Waals surface area contributed by atoms with Gasteiger partial charge in [-0.15, -0.1) is 12.4 Å². The maximum Gasteiger partial charge on any atom is 0.250 e. The number of nitrogens with zero attached hydrogens (tertiary/aromatic N) is 1. The third-order valence-electron chi connectivity index (χ3n) is 4.31. The van der Waals surface area contributed by atoms with Crippen LogP contribution in [0, 0.1) is 0 Å². The third kappa shape index (κ3) is 4.92. The zero-order valence-electron chi connectivity index (χ0n) is 13.9. The van der Waals surface area contributed by atoms with Gasteiger partial charge in [0.05, 0.1) is 11.5 Å². The summed E-state index contributed by atoms with van der Waals surface area (Å²) in [7, 11) is -3.39. The number of hydrogen-bond acceptors (Lipinski definition) is 5. The van der Waals surface area contributed by atoms with Gasteiger partial charge in [-0.25, -0.2) is 8.42 Å². The molecule has 2 N–H and O–H groups in total. The van der Waals surface area contributed by atoms with E-state index in [1.54, 1.807) is 24.3 Å². The molecule has 140 valence electrons. The molecule has 7 nitrogen and oxygen atoms in total. The second-order valence-electron chi connectivity index (χ2n) is 6.04. The van der Waals surface area contributed by atoms with Crippen LogP contribution in [-0.2, 0) is 26.1 Å². The molecule has 0 saturated carbocycles. The Labute approximate surface area is 154 Å². The van der Waals surface area contributed by atoms with Gasteiger partial charge in [0.25, 0.3) is 5.91 Å². The number of carbonyl (C=O) groups is 1. The molecule has 1 aromatic rings. The van der Waals surface area contributed by atoms with Crippen molar-refractivity contribution in [3.05, 3.63) is 29.8 Å². The fourth-order valence-electron chi connectivity index (χ4n) is 2.89. The summed E-state index contributed by atoms with van der Waals surface area (Å²) in [4.78, 5) is 12.3. The zero-order valence-corrected chi connectivity index (χ0v) is 15.6. The van der Waals surface area contributed by atoms with E-state index in [2.05, 4.69) is 10.6 Å². The van der Waals surface area contributed by atoms with E-state index in [4.69, 9.17) is 4.74 Å². The Morgan fingerprint density at radius 3 is 2.52 bits per heavy atom. The van der Waals surface area contributed by atoms with Crippen LogP contribution in [0.25, 0.3) is 0 Å². The van der Waals surface area contributed by atoms with Gasteiger partial charge in [-0.2, -0.15) is 4.31 Å². The van der Waals surface area contributed by atoms with Crippen LogP contribution in [0.3, 0.4) is 0 Å². The Morgan fingerprint density at radius 2 is 1.92 bits per heavy atom. The SMILES string of the molecule is Cl.O=C(NCc1ccc(S(=O)(=O)N2CCCC2)cc1)C1CNCCO1. The molecule has 2 fully saturated rings. The number of hydrogen-bond donors (Lipinski definition) is 2. The number of morpholine rings is 1. The molecule has 0 bridgehead atoms. The van der Waals surface area contributed by atoms with E-state index in [1.165, 1.54) is 4.31 Å². The average molecular weight is 390 g/mol. The molecule has 2 saturated heterocycles. The summed E-state index contributed by atoms with van der Waals surface area (Å²) in [6.07, 6.45) is 1.37. The van der Waals surface area contributed by atoms with Crippen molar-refractivity contribution in [3.63, 3.8) is 0 Å². The summed E-state index contributed by atoms with van der Waals surface area (Å²) >= 11 is 0. The summed E-state index contributed by atoms with van der Waals surface area (Å²) in [5.41, 5.74) is 0.854. The van der Waals surface area contributed by atoms with Gasteiger partial charge in [-0.05, 0) is 30.5 Å². The molecular formula is C16H24ClN3O4S. The predicted octanol–water partition coefficient (Wildman–Crippen LogP) is 0.497. The summed E-state index contributed by atoms with van der Waals surface area (Å²) in [6, 6.07) is 6.69. The summed E-state index contributed by atoms with van der Waals surface area (Å²) in [5, 5.41) is 5.93. The van der Waals surface area contributed by atoms with Crippen LogP contribution < -0.4 is 10.6 Å². The van der Waals surface area contributed by atoms with Crippen LogP contribution in [0.2, 0.25) is 0 Å². The first-order valence-electron chi connectivity index (χ1n) is 8.26. The molecule has 0 aromatic heterocycles. The van der Waals surface area contributed by atoms with E-state index in [0.717, 1.165) is 24.9 Å². The van der Waals surface area contributed by atoms with Gasteiger partial charge < -0.3 is 15.4 Å². The number of sulfonamides is 1. The summed E-state index contributed by atoms with van der Waals surface area (Å²) < 4.78 is 31.8. The fourth-order valence-corrected chi connectivity index (χ4v) is 4.41. The number of benzene rings is 1. The molecule has 1 aromatic carbocycles. The summed E-state index contributed by atoms with van der Waals surface area (Å²) in [6.45, 7) is 3.34. The second-order valence-corrected chi connectivity index (χ2v) is 7.97. The van der Waals surface area contributed by atoms with Crippen molar-refractivity contribution in [2.45, 2.75) is 30.4 Å². The van der Waals surface area contributed by atoms with Gasteiger partial charge in [-0.1, -0.05) is 12.1 Å². The average Bonchev–Trinajstić information content (AvgIpc) is 3.16. The highest BCUT2D eigenvalue weighted by molar-refractivity contribution is 7.89. The van der Waals surface area contributed by atoms with E-state index in [9.17, 15) is 13.2 Å². The molecule has 1 amide bonds. The van der Waals surface area contributed by atoms with Gasteiger partial charge >= 0.3 is 0 Å². The fraction of sp³-hybridized carbons (Fsp3) is 0.562. The predicted molar refractivity (Wildman–Crippen MR) is 96.1 cm³/mol. The Kier molecular flexibility index (Phi) is 7.21. The number of ether oxygens (including phenoxy) is 1. The first kappa shape index (κ1) is 20.1. The number of nitrogens with one attached hydrogen (secondary N) is 2. The zero-order chi connectivity index (χ0) is 17.0. The monoisotopic (exact) mass is 389 g/mol. The minimum Gasteiger partial charge on any atom is -0.366 e. The molecule has 0 radical (unpaired) electrons. The van der Waals surface area contributed by atoms with Gasteiger partial charge in [0.1, 0.15) is 6.10 Å². The lowest BCUT2D eigenvalue weighted by molar-refractivity contribution is -0.134. The highest BCUT2D eigenvalue weighted by atomic mass is 35.5. The molecular weight excluding hydrogens is 366 g/mol. The largest absolute Gasteiger partial charge is 0.366 e. The number of rotatable bonds is 5. The lowest BCUT2D eigenvalue weighted by Crippen LogP contribution is -2.47. The molecule has 0 aliphatic carbocycles. The molecule has 9 heteroatoms. The molecule has 1 atom stereocenters. The maximum atomic E-state index is 12.5. The molecule has 25 heavy (non-hydrogen) atoms. The van der Waals surface area contributed by atoms with E-state index >= 15 is 0 Å². The number of carbonyl (C=O) groups excluding carboxylic acids is 1. The lowest BCUT2D eigenvalue weighted by Gasteiger charge is -2.22. The van der Waals surface area contributed by atoms with Crippen LogP contribution in [0.4, 0.5) is 0 Å². The van der Waals surface area contributed by atoms with Crippen LogP contribution in [0.1, 0.15) is 18.4 Å². The highest BCUT2D eigenvalue weighted by Crippen LogP contribution is 2.21. The Bertz CT molecular complexity index is 669. The molecule has 2 heterocycles. The minimum atomic E-state index is -3.39. The maximum absolute atomic E-state index is 12.5. The summed E-state index contributed by atoms with van der Waals surface area (Å²) in [5.74, 6) is -0.157. The van der Waals surface area contributed by atoms with Crippen molar-refractivity contribution < 1.29 is 17.9 Å². The van der Waals surface area contributed by atoms with Gasteiger partial charge in [-0.3, -0.25) is 4.79 Å². The van der Waals surface area contributed by atoms with E-state index < -0.39 is 16.1 Å². The Morgan fingerprint density at radius 1 is 1.24 bits per heavy atom. The van der Waals surface area contributed by atoms with Crippen molar-refractivity contribution in [1.82, 2.24) is 14.9 Å². The molecule has 0 spiro atoms. The molecule has 1 unspecified atom stereocenters. The van der Waals surface area contributed by atoms with Crippen molar-refractivity contribution in [2.24, 2.45) is 0 Å². The molecule has 2 aliphatic heterocycles. The quantitative estimate of drug-likeness (QED) is 0.765. The second kappa shape index (κ2) is 8.95. The van der Waals surface area contributed by atoms with Gasteiger partial charge in [0.2, 0.25) is 10.0 Å². The Hall–Kier alpha value is -1.19. The standard InChI is InChI=1S/C16H23N3O4S.ClH/c20-16(15-12-17-7-10-23-15)18-11-13-3-5-14(6-4-13)24(21,22)19-8-1-2-9-19;/h3-6,15,17H,1-2,7-12H2,(H,18,20);1H. The van der Waals surface area contributed by atoms with E-state index in [-0.39, 0.29) is 18.3 Å². The van der Waals surface area contributed by atoms with Crippen LogP contribution in [-0.4, -0.2) is 57.5 Å². The number of halogens is 1. The van der Waals surface area contributed by atoms with Gasteiger partial charge in [0, 0.05) is 32.7 Å². The first-order chi connectivity index (χ1) is 11.6. The smallest absolute Gasteiger partial charge is 0.250 e. The lowest BCUT2D eigenvalue weighted by atomic mass is 10.2. The van der Waals surface area contributed by atoms with Crippen molar-refractivity contribution >= 4 is 28.3 Å². The third-order valence-corrected chi connectivity index (χ3v) is 6.23. The van der Waals surface area contributed by atoms with Crippen LogP contribution >= 0.6 is 12.4 Å². The highest BCUT2D eigenvalue weighted by Gasteiger charge is 2.27. The van der Waals surface area contributed by atoms with E-state index in [0.29, 0.717) is 37.7 Å². The topological polar surface area (TPSA) is 87.7 Å². The van der Waals surface area contributed by atoms with Crippen LogP contribution in [0.5, 0.6) is 0 Å². The van der Waals surface area contributed by atoms with Crippen molar-refractivity contribution in [3.8, 4) is 0 Å². The molecule has 2 aliphatic rings. The first-order valence-corrected chi connectivity index (χ1v) is 9.70. The minimum absolute atomic E-state index is 0. The Balaban J connectivity index is 0.00000225. The van der Waals surface area contributed by atoms with E-state index in [1.807, 2.05) is 0 Å². The van der Waals surface area contributed by atoms with Gasteiger partial charge in [0.15, 0.2) is 0 Å². The van der Waals surface area contributed by atoms with Crippen molar-refractivity contribution in [1.29, 1.82) is 0 Å².